The van der Waals surface area contributed by atoms with E-state index in [1.807, 2.05) is 6.92 Å². The summed E-state index contributed by atoms with van der Waals surface area (Å²) in [5.41, 5.74) is 0.0274. The lowest BCUT2D eigenvalue weighted by atomic mass is 10.0. The molecule has 2 nitrogen and oxygen atoms in total. The van der Waals surface area contributed by atoms with Gasteiger partial charge in [-0.05, 0) is 51.9 Å². The van der Waals surface area contributed by atoms with Gasteiger partial charge in [-0.1, -0.05) is 6.92 Å². The zero-order chi connectivity index (χ0) is 14.6. The van der Waals surface area contributed by atoms with Crippen LogP contribution in [0.3, 0.4) is 0 Å². The second-order valence-corrected chi connectivity index (χ2v) is 5.72. The summed E-state index contributed by atoms with van der Waals surface area (Å²) < 4.78 is 26.6. The topological polar surface area (TPSA) is 23.5 Å². The van der Waals surface area contributed by atoms with E-state index in [-0.39, 0.29) is 11.1 Å². The van der Waals surface area contributed by atoms with Crippen LogP contribution in [-0.2, 0) is 0 Å². The molecule has 0 aliphatic heterocycles. The smallest absolute Gasteiger partial charge is 0.129 e. The summed E-state index contributed by atoms with van der Waals surface area (Å²) in [4.78, 5) is 2.19. The van der Waals surface area contributed by atoms with Crippen molar-refractivity contribution in [1.82, 2.24) is 4.90 Å². The van der Waals surface area contributed by atoms with Crippen molar-refractivity contribution >= 4 is 0 Å². The van der Waals surface area contributed by atoms with Gasteiger partial charge >= 0.3 is 0 Å². The number of halogens is 2. The largest absolute Gasteiger partial charge is 0.388 e. The molecular weight excluding hydrogens is 248 g/mol. The van der Waals surface area contributed by atoms with Crippen LogP contribution in [-0.4, -0.2) is 28.6 Å². The third-order valence-electron chi connectivity index (χ3n) is 3.32. The van der Waals surface area contributed by atoms with Gasteiger partial charge in [0.15, 0.2) is 0 Å². The van der Waals surface area contributed by atoms with Crippen molar-refractivity contribution in [1.29, 1.82) is 0 Å². The van der Waals surface area contributed by atoms with Crippen molar-refractivity contribution in [3.05, 3.63) is 35.4 Å². The van der Waals surface area contributed by atoms with E-state index in [0.717, 1.165) is 24.7 Å². The first-order valence-corrected chi connectivity index (χ1v) is 6.63. The standard InChI is InChI=1S/C15H23F2NO/c1-5-18(15(2,3)4)9-8-14(19)12-10-11(16)6-7-13(12)17/h6-7,10,14,19H,5,8-9H2,1-4H3. The molecule has 0 radical (unpaired) electrons. The number of rotatable bonds is 5. The Bertz CT molecular complexity index is 415. The zero-order valence-electron chi connectivity index (χ0n) is 12.1. The van der Waals surface area contributed by atoms with E-state index >= 15 is 0 Å². The van der Waals surface area contributed by atoms with Crippen LogP contribution in [0.5, 0.6) is 0 Å². The number of hydrogen-bond donors (Lipinski definition) is 1. The molecule has 1 aromatic rings. The molecule has 1 rings (SSSR count). The molecule has 1 unspecified atom stereocenters. The molecule has 0 spiro atoms. The molecule has 4 heteroatoms. The highest BCUT2D eigenvalue weighted by molar-refractivity contribution is 5.21. The molecule has 0 bridgehead atoms. The van der Waals surface area contributed by atoms with Crippen molar-refractivity contribution in [3.8, 4) is 0 Å². The molecule has 0 aliphatic rings. The maximum Gasteiger partial charge on any atom is 0.129 e. The maximum absolute atomic E-state index is 13.5. The Kier molecular flexibility index (Phi) is 5.44. The average Bonchev–Trinajstić information content (AvgIpc) is 2.31. The molecule has 1 atom stereocenters. The van der Waals surface area contributed by atoms with E-state index in [1.54, 1.807) is 0 Å². The van der Waals surface area contributed by atoms with Gasteiger partial charge in [0.1, 0.15) is 11.6 Å². The van der Waals surface area contributed by atoms with Crippen LogP contribution < -0.4 is 0 Å². The minimum absolute atomic E-state index is 0.00501. The van der Waals surface area contributed by atoms with Gasteiger partial charge in [0, 0.05) is 17.6 Å². The van der Waals surface area contributed by atoms with Crippen LogP contribution in [0.15, 0.2) is 18.2 Å². The summed E-state index contributed by atoms with van der Waals surface area (Å²) in [6.45, 7) is 9.79. The lowest BCUT2D eigenvalue weighted by Crippen LogP contribution is -2.42. The van der Waals surface area contributed by atoms with Crippen molar-refractivity contribution in [3.63, 3.8) is 0 Å². The lowest BCUT2D eigenvalue weighted by Gasteiger charge is -2.35. The summed E-state index contributed by atoms with van der Waals surface area (Å²) in [5, 5.41) is 10.0. The van der Waals surface area contributed by atoms with Gasteiger partial charge in [0.25, 0.3) is 0 Å². The van der Waals surface area contributed by atoms with Crippen molar-refractivity contribution in [2.45, 2.75) is 45.8 Å². The minimum Gasteiger partial charge on any atom is -0.388 e. The first-order valence-electron chi connectivity index (χ1n) is 6.63. The Morgan fingerprint density at radius 3 is 2.42 bits per heavy atom. The summed E-state index contributed by atoms with van der Waals surface area (Å²) >= 11 is 0. The first kappa shape index (κ1) is 16.1. The van der Waals surface area contributed by atoms with Gasteiger partial charge in [0.05, 0.1) is 6.10 Å². The van der Waals surface area contributed by atoms with E-state index < -0.39 is 17.7 Å². The predicted molar refractivity (Wildman–Crippen MR) is 72.9 cm³/mol. The Balaban J connectivity index is 2.69. The van der Waals surface area contributed by atoms with Gasteiger partial charge < -0.3 is 5.11 Å². The molecule has 1 N–H and O–H groups in total. The van der Waals surface area contributed by atoms with Crippen molar-refractivity contribution in [2.24, 2.45) is 0 Å². The van der Waals surface area contributed by atoms with E-state index in [1.165, 1.54) is 0 Å². The summed E-state index contributed by atoms with van der Waals surface area (Å²) in [7, 11) is 0. The number of aliphatic hydroxyl groups is 1. The fourth-order valence-corrected chi connectivity index (χ4v) is 2.17. The highest BCUT2D eigenvalue weighted by atomic mass is 19.1. The fourth-order valence-electron chi connectivity index (χ4n) is 2.17. The molecule has 0 aliphatic carbocycles. The van der Waals surface area contributed by atoms with Gasteiger partial charge in [-0.15, -0.1) is 0 Å². The van der Waals surface area contributed by atoms with Crippen LogP contribution in [0.2, 0.25) is 0 Å². The van der Waals surface area contributed by atoms with Gasteiger partial charge in [-0.3, -0.25) is 4.90 Å². The number of benzene rings is 1. The third kappa shape index (κ3) is 4.55. The average molecular weight is 271 g/mol. The highest BCUT2D eigenvalue weighted by Gasteiger charge is 2.21. The molecule has 1 aromatic carbocycles. The highest BCUT2D eigenvalue weighted by Crippen LogP contribution is 2.23. The van der Waals surface area contributed by atoms with Crippen molar-refractivity contribution < 1.29 is 13.9 Å². The van der Waals surface area contributed by atoms with Crippen molar-refractivity contribution in [2.75, 3.05) is 13.1 Å². The molecule has 0 fully saturated rings. The predicted octanol–water partition coefficient (Wildman–Crippen LogP) is 3.51. The Morgan fingerprint density at radius 1 is 1.26 bits per heavy atom. The SMILES string of the molecule is CCN(CCC(O)c1cc(F)ccc1F)C(C)(C)C. The Morgan fingerprint density at radius 2 is 1.89 bits per heavy atom. The van der Waals surface area contributed by atoms with Gasteiger partial charge in [0.2, 0.25) is 0 Å². The summed E-state index contributed by atoms with van der Waals surface area (Å²) in [6, 6.07) is 3.17. The fraction of sp³-hybridized carbons (Fsp3) is 0.600. The number of hydrogen-bond acceptors (Lipinski definition) is 2. The van der Waals surface area contributed by atoms with Crippen LogP contribution in [0.1, 0.15) is 45.8 Å². The number of nitrogens with zero attached hydrogens (tertiary/aromatic N) is 1. The van der Waals surface area contributed by atoms with Crippen LogP contribution in [0.25, 0.3) is 0 Å². The molecule has 0 amide bonds. The second-order valence-electron chi connectivity index (χ2n) is 5.72. The minimum atomic E-state index is -0.980. The zero-order valence-corrected chi connectivity index (χ0v) is 12.1. The van der Waals surface area contributed by atoms with Crippen LogP contribution in [0, 0.1) is 11.6 Å². The van der Waals surface area contributed by atoms with Gasteiger partial charge in [-0.2, -0.15) is 0 Å². The van der Waals surface area contributed by atoms with E-state index in [2.05, 4.69) is 25.7 Å². The van der Waals surface area contributed by atoms with E-state index in [0.29, 0.717) is 13.0 Å². The second kappa shape index (κ2) is 6.44. The third-order valence-corrected chi connectivity index (χ3v) is 3.32. The van der Waals surface area contributed by atoms with Crippen LogP contribution in [0.4, 0.5) is 8.78 Å². The normalized spacial score (nSPS) is 13.9. The Hall–Kier alpha value is -1.00. The lowest BCUT2D eigenvalue weighted by molar-refractivity contribution is 0.0979. The molecule has 0 saturated heterocycles. The summed E-state index contributed by atoms with van der Waals surface area (Å²) in [5.74, 6) is -1.09. The number of aliphatic hydroxyl groups excluding tert-OH is 1. The molecule has 0 saturated carbocycles. The summed E-state index contributed by atoms with van der Waals surface area (Å²) in [6.07, 6.45) is -0.599. The molecule has 19 heavy (non-hydrogen) atoms. The van der Waals surface area contributed by atoms with E-state index in [9.17, 15) is 13.9 Å². The quantitative estimate of drug-likeness (QED) is 0.886. The van der Waals surface area contributed by atoms with E-state index in [4.69, 9.17) is 0 Å². The van der Waals surface area contributed by atoms with Crippen LogP contribution >= 0.6 is 0 Å². The monoisotopic (exact) mass is 271 g/mol. The molecule has 0 heterocycles. The molecule has 108 valence electrons. The first-order chi connectivity index (χ1) is 8.75. The maximum atomic E-state index is 13.5. The molecular formula is C15H23F2NO. The Labute approximate surface area is 114 Å². The van der Waals surface area contributed by atoms with Gasteiger partial charge in [-0.25, -0.2) is 8.78 Å². The molecule has 0 aromatic heterocycles.